The van der Waals surface area contributed by atoms with Crippen molar-refractivity contribution in [3.63, 3.8) is 0 Å². The number of carbonyl (C=O) groups is 4. The Kier molecular flexibility index (Phi) is 6.32. The molecule has 1 aliphatic heterocycles. The topological polar surface area (TPSA) is 93.2 Å². The fraction of sp³-hybridized carbons (Fsp3) is 0.444. The Balaban J connectivity index is 1.91. The maximum Gasteiger partial charge on any atom is 0.409 e. The lowest BCUT2D eigenvalue weighted by Crippen LogP contribution is -2.43. The number of likely N-dealkylation sites (N-methyl/N-ethyl adjacent to an activating group) is 1. The van der Waals surface area contributed by atoms with Gasteiger partial charge in [-0.15, -0.1) is 0 Å². The van der Waals surface area contributed by atoms with E-state index in [1.807, 2.05) is 0 Å². The Hall–Kier alpha value is -2.90. The summed E-state index contributed by atoms with van der Waals surface area (Å²) in [6.45, 7) is 0.252. The van der Waals surface area contributed by atoms with Crippen LogP contribution in [-0.2, 0) is 14.3 Å². The van der Waals surface area contributed by atoms with Gasteiger partial charge in [0.15, 0.2) is 0 Å². The zero-order chi connectivity index (χ0) is 19.3. The maximum atomic E-state index is 12.3. The number of nitrogens with zero attached hydrogens (tertiary/aromatic N) is 2. The Morgan fingerprint density at radius 2 is 1.62 bits per heavy atom. The van der Waals surface area contributed by atoms with E-state index in [-0.39, 0.29) is 18.4 Å². The van der Waals surface area contributed by atoms with Crippen LogP contribution < -0.4 is 0 Å². The van der Waals surface area contributed by atoms with E-state index in [4.69, 9.17) is 4.74 Å². The predicted molar refractivity (Wildman–Crippen MR) is 91.6 cm³/mol. The molecule has 1 atom stereocenters. The molecule has 0 bridgehead atoms. The van der Waals surface area contributed by atoms with E-state index in [9.17, 15) is 19.2 Å². The van der Waals surface area contributed by atoms with Gasteiger partial charge in [-0.1, -0.05) is 12.1 Å². The van der Waals surface area contributed by atoms with Crippen molar-refractivity contribution in [3.8, 4) is 0 Å². The summed E-state index contributed by atoms with van der Waals surface area (Å²) in [6.07, 6.45) is 0.727. The number of fused-ring (bicyclic) bond motifs is 1. The van der Waals surface area contributed by atoms with Crippen LogP contribution >= 0.6 is 0 Å². The van der Waals surface area contributed by atoms with Crippen molar-refractivity contribution in [2.45, 2.75) is 25.3 Å². The lowest BCUT2D eigenvalue weighted by Gasteiger charge is -2.25. The number of methoxy groups -OCH3 is 2. The van der Waals surface area contributed by atoms with Crippen LogP contribution in [0.4, 0.5) is 4.79 Å². The summed E-state index contributed by atoms with van der Waals surface area (Å²) in [7, 11) is 3.94. The molecule has 1 aromatic rings. The summed E-state index contributed by atoms with van der Waals surface area (Å²) in [4.78, 5) is 50.5. The first-order valence-corrected chi connectivity index (χ1v) is 8.26. The number of hydrogen-bond donors (Lipinski definition) is 0. The van der Waals surface area contributed by atoms with Gasteiger partial charge in [0.25, 0.3) is 11.8 Å². The second-order valence-electron chi connectivity index (χ2n) is 5.92. The summed E-state index contributed by atoms with van der Waals surface area (Å²) in [5.41, 5.74) is 0.825. The SMILES string of the molecule is COC(=O)[C@H](CCCCN1C(=O)c2ccccc2C1=O)N(C)C(=O)OC. The largest absolute Gasteiger partial charge is 0.467 e. The van der Waals surface area contributed by atoms with Gasteiger partial charge in [0.05, 0.1) is 25.3 Å². The highest BCUT2D eigenvalue weighted by Gasteiger charge is 2.34. The summed E-state index contributed by atoms with van der Waals surface area (Å²) in [6, 6.07) is 5.92. The molecule has 26 heavy (non-hydrogen) atoms. The van der Waals surface area contributed by atoms with Crippen LogP contribution in [0, 0.1) is 0 Å². The van der Waals surface area contributed by atoms with Crippen LogP contribution in [0.15, 0.2) is 24.3 Å². The molecular formula is C18H22N2O6. The van der Waals surface area contributed by atoms with Gasteiger partial charge >= 0.3 is 12.1 Å². The first-order chi connectivity index (χ1) is 12.4. The molecular weight excluding hydrogens is 340 g/mol. The van der Waals surface area contributed by atoms with Crippen LogP contribution in [0.3, 0.4) is 0 Å². The average molecular weight is 362 g/mol. The molecule has 1 aliphatic rings. The fourth-order valence-corrected chi connectivity index (χ4v) is 2.93. The lowest BCUT2D eigenvalue weighted by atomic mass is 10.1. The van der Waals surface area contributed by atoms with Crippen LogP contribution in [-0.4, -0.2) is 67.5 Å². The molecule has 2 rings (SSSR count). The minimum atomic E-state index is -0.783. The van der Waals surface area contributed by atoms with Gasteiger partial charge in [-0.25, -0.2) is 9.59 Å². The molecule has 0 saturated carbocycles. The Labute approximate surface area is 151 Å². The summed E-state index contributed by atoms with van der Waals surface area (Å²) in [5.74, 6) is -1.15. The molecule has 1 aromatic carbocycles. The molecule has 0 aliphatic carbocycles. The second-order valence-corrected chi connectivity index (χ2v) is 5.92. The van der Waals surface area contributed by atoms with Crippen molar-refractivity contribution in [3.05, 3.63) is 35.4 Å². The number of imide groups is 1. The number of ether oxygens (including phenoxy) is 2. The van der Waals surface area contributed by atoms with E-state index in [1.54, 1.807) is 24.3 Å². The molecule has 0 radical (unpaired) electrons. The highest BCUT2D eigenvalue weighted by Crippen LogP contribution is 2.23. The van der Waals surface area contributed by atoms with E-state index < -0.39 is 18.1 Å². The molecule has 0 aromatic heterocycles. The average Bonchev–Trinajstić information content (AvgIpc) is 2.91. The third kappa shape index (κ3) is 3.84. The molecule has 0 unspecified atom stereocenters. The van der Waals surface area contributed by atoms with Gasteiger partial charge in [0.2, 0.25) is 0 Å². The van der Waals surface area contributed by atoms with Crippen LogP contribution in [0.2, 0.25) is 0 Å². The number of hydrogen-bond acceptors (Lipinski definition) is 6. The van der Waals surface area contributed by atoms with Gasteiger partial charge < -0.3 is 9.47 Å². The fourth-order valence-electron chi connectivity index (χ4n) is 2.93. The molecule has 0 spiro atoms. The normalized spacial score (nSPS) is 14.0. The number of esters is 1. The van der Waals surface area contributed by atoms with E-state index in [0.29, 0.717) is 30.4 Å². The van der Waals surface area contributed by atoms with Gasteiger partial charge in [0.1, 0.15) is 6.04 Å². The number of benzene rings is 1. The molecule has 0 N–H and O–H groups in total. The highest BCUT2D eigenvalue weighted by molar-refractivity contribution is 6.21. The quantitative estimate of drug-likeness (QED) is 0.416. The zero-order valence-electron chi connectivity index (χ0n) is 15.1. The van der Waals surface area contributed by atoms with Crippen LogP contribution in [0.25, 0.3) is 0 Å². The monoisotopic (exact) mass is 362 g/mol. The van der Waals surface area contributed by atoms with Gasteiger partial charge in [-0.3, -0.25) is 19.4 Å². The third-order valence-corrected chi connectivity index (χ3v) is 4.39. The summed E-state index contributed by atoms with van der Waals surface area (Å²) < 4.78 is 9.35. The van der Waals surface area contributed by atoms with Gasteiger partial charge in [-0.05, 0) is 31.4 Å². The Morgan fingerprint density at radius 3 is 2.12 bits per heavy atom. The number of unbranched alkanes of at least 4 members (excludes halogenated alkanes) is 1. The Morgan fingerprint density at radius 1 is 1.04 bits per heavy atom. The Bertz CT molecular complexity index is 682. The molecule has 8 heteroatoms. The van der Waals surface area contributed by atoms with Crippen molar-refractivity contribution in [2.75, 3.05) is 27.8 Å². The standard InChI is InChI=1S/C18H22N2O6/c1-19(18(24)26-3)14(17(23)25-2)10-6-7-11-20-15(21)12-8-4-5-9-13(12)16(20)22/h4-5,8-9,14H,6-7,10-11H2,1-3H3/t14-/m0/s1. The lowest BCUT2D eigenvalue weighted by molar-refractivity contribution is -0.146. The van der Waals surface area contributed by atoms with Crippen molar-refractivity contribution in [1.82, 2.24) is 9.80 Å². The first kappa shape index (κ1) is 19.4. The molecule has 1 heterocycles. The molecule has 0 fully saturated rings. The highest BCUT2D eigenvalue weighted by atomic mass is 16.5. The van der Waals surface area contributed by atoms with E-state index in [0.717, 1.165) is 0 Å². The molecule has 140 valence electrons. The minimum Gasteiger partial charge on any atom is -0.467 e. The number of amides is 3. The van der Waals surface area contributed by atoms with Crippen molar-refractivity contribution >= 4 is 23.9 Å². The first-order valence-electron chi connectivity index (χ1n) is 8.26. The molecule has 8 nitrogen and oxygen atoms in total. The van der Waals surface area contributed by atoms with E-state index in [1.165, 1.54) is 31.1 Å². The predicted octanol–water partition coefficient (Wildman–Crippen LogP) is 1.69. The van der Waals surface area contributed by atoms with Crippen LogP contribution in [0.5, 0.6) is 0 Å². The van der Waals surface area contributed by atoms with E-state index in [2.05, 4.69) is 4.74 Å². The third-order valence-electron chi connectivity index (χ3n) is 4.39. The summed E-state index contributed by atoms with van der Waals surface area (Å²) in [5, 5.41) is 0. The second kappa shape index (κ2) is 8.46. The molecule has 3 amide bonds. The summed E-state index contributed by atoms with van der Waals surface area (Å²) >= 11 is 0. The minimum absolute atomic E-state index is 0.252. The zero-order valence-corrected chi connectivity index (χ0v) is 15.1. The van der Waals surface area contributed by atoms with E-state index >= 15 is 0 Å². The van der Waals surface area contributed by atoms with Gasteiger partial charge in [-0.2, -0.15) is 0 Å². The van der Waals surface area contributed by atoms with Crippen molar-refractivity contribution in [2.24, 2.45) is 0 Å². The number of rotatable bonds is 7. The van der Waals surface area contributed by atoms with Crippen LogP contribution in [0.1, 0.15) is 40.0 Å². The van der Waals surface area contributed by atoms with Gasteiger partial charge in [0, 0.05) is 13.6 Å². The maximum absolute atomic E-state index is 12.3. The number of carbonyl (C=O) groups excluding carboxylic acids is 4. The van der Waals surface area contributed by atoms with Crippen molar-refractivity contribution < 1.29 is 28.7 Å². The molecule has 0 saturated heterocycles. The smallest absolute Gasteiger partial charge is 0.409 e. The van der Waals surface area contributed by atoms with Crippen molar-refractivity contribution in [1.29, 1.82) is 0 Å².